The first kappa shape index (κ1) is 15.3. The number of hydrogen-bond acceptors (Lipinski definition) is 6. The Labute approximate surface area is 142 Å². The highest BCUT2D eigenvalue weighted by Gasteiger charge is 2.18. The lowest BCUT2D eigenvalue weighted by Gasteiger charge is -2.15. The number of aromatic amines is 1. The molecule has 0 aromatic carbocycles. The van der Waals surface area contributed by atoms with Crippen LogP contribution in [0.15, 0.2) is 29.3 Å². The van der Waals surface area contributed by atoms with Gasteiger partial charge in [0.15, 0.2) is 5.65 Å². The van der Waals surface area contributed by atoms with E-state index in [0.717, 1.165) is 11.0 Å². The van der Waals surface area contributed by atoms with Crippen LogP contribution in [0.3, 0.4) is 0 Å². The van der Waals surface area contributed by atoms with Gasteiger partial charge in [0, 0.05) is 29.4 Å². The Bertz CT molecular complexity index is 1170. The van der Waals surface area contributed by atoms with Crippen LogP contribution in [0.1, 0.15) is 25.6 Å². The summed E-state index contributed by atoms with van der Waals surface area (Å²) < 4.78 is 1.60. The number of aromatic nitrogens is 6. The first-order valence-electron chi connectivity index (χ1n) is 7.95. The lowest BCUT2D eigenvalue weighted by atomic mass is 10.1. The molecule has 0 spiro atoms. The van der Waals surface area contributed by atoms with Crippen molar-refractivity contribution in [2.75, 3.05) is 5.73 Å². The van der Waals surface area contributed by atoms with E-state index in [1.54, 1.807) is 17.7 Å². The third-order valence-corrected chi connectivity index (χ3v) is 4.12. The van der Waals surface area contributed by atoms with Gasteiger partial charge >= 0.3 is 0 Å². The molecule has 126 valence electrons. The number of rotatable bonds is 2. The number of aryl methyl sites for hydroxylation is 1. The molecule has 0 radical (unpaired) electrons. The van der Waals surface area contributed by atoms with Crippen molar-refractivity contribution in [3.05, 3.63) is 40.6 Å². The van der Waals surface area contributed by atoms with Crippen molar-refractivity contribution in [1.29, 1.82) is 0 Å². The predicted octanol–water partition coefficient (Wildman–Crippen LogP) is 2.20. The minimum atomic E-state index is -0.225. The maximum atomic E-state index is 13.1. The second-order valence-electron chi connectivity index (χ2n) is 6.21. The average Bonchev–Trinajstić information content (AvgIpc) is 3.01. The topological polar surface area (TPSA) is 115 Å². The third kappa shape index (κ3) is 2.34. The maximum absolute atomic E-state index is 13.1. The first-order chi connectivity index (χ1) is 12.0. The van der Waals surface area contributed by atoms with Gasteiger partial charge in [-0.25, -0.2) is 15.0 Å². The van der Waals surface area contributed by atoms with Crippen LogP contribution in [0.25, 0.3) is 33.5 Å². The Balaban J connectivity index is 2.10. The van der Waals surface area contributed by atoms with E-state index in [2.05, 4.69) is 24.9 Å². The van der Waals surface area contributed by atoms with Gasteiger partial charge in [-0.05, 0) is 32.9 Å². The summed E-state index contributed by atoms with van der Waals surface area (Å²) in [6.07, 6.45) is 3.45. The van der Waals surface area contributed by atoms with E-state index in [0.29, 0.717) is 28.1 Å². The Morgan fingerprint density at radius 1 is 1.24 bits per heavy atom. The molecule has 0 saturated heterocycles. The van der Waals surface area contributed by atoms with Gasteiger partial charge in [0.25, 0.3) is 5.56 Å². The number of nitrogens with one attached hydrogen (secondary N) is 1. The first-order valence-corrected chi connectivity index (χ1v) is 7.95. The van der Waals surface area contributed by atoms with Crippen LogP contribution in [0.2, 0.25) is 0 Å². The average molecular weight is 335 g/mol. The zero-order chi connectivity index (χ0) is 17.7. The van der Waals surface area contributed by atoms with Crippen molar-refractivity contribution in [2.24, 2.45) is 0 Å². The summed E-state index contributed by atoms with van der Waals surface area (Å²) >= 11 is 0. The molecule has 0 atom stereocenters. The number of anilines is 1. The lowest BCUT2D eigenvalue weighted by molar-refractivity contribution is 0.593. The van der Waals surface area contributed by atoms with E-state index >= 15 is 0 Å². The van der Waals surface area contributed by atoms with E-state index in [4.69, 9.17) is 5.73 Å². The number of nitrogen functional groups attached to an aromatic ring is 1. The number of pyridine rings is 1. The highest BCUT2D eigenvalue weighted by molar-refractivity contribution is 5.82. The van der Waals surface area contributed by atoms with Crippen LogP contribution >= 0.6 is 0 Å². The molecule has 0 aliphatic rings. The maximum Gasteiger partial charge on any atom is 0.279 e. The van der Waals surface area contributed by atoms with Crippen molar-refractivity contribution >= 4 is 28.1 Å². The Morgan fingerprint density at radius 2 is 2.04 bits per heavy atom. The van der Waals surface area contributed by atoms with Crippen molar-refractivity contribution in [3.8, 4) is 11.3 Å². The van der Waals surface area contributed by atoms with Gasteiger partial charge in [0.1, 0.15) is 16.9 Å². The second kappa shape index (κ2) is 5.37. The summed E-state index contributed by atoms with van der Waals surface area (Å²) in [5.74, 6) is 0.128. The minimum absolute atomic E-state index is 0.102. The van der Waals surface area contributed by atoms with E-state index in [-0.39, 0.29) is 17.5 Å². The summed E-state index contributed by atoms with van der Waals surface area (Å²) in [6, 6.07) is 3.70. The highest BCUT2D eigenvalue weighted by atomic mass is 16.1. The fourth-order valence-corrected chi connectivity index (χ4v) is 2.98. The SMILES string of the molecule is Cc1nc(N)nc2c1nc(-c1cnc3[nH]ccc3c1)c(=O)n2C(C)C. The van der Waals surface area contributed by atoms with Crippen LogP contribution in [0.4, 0.5) is 5.95 Å². The normalized spacial score (nSPS) is 11.7. The zero-order valence-corrected chi connectivity index (χ0v) is 14.1. The highest BCUT2D eigenvalue weighted by Crippen LogP contribution is 2.22. The molecule has 0 aliphatic carbocycles. The van der Waals surface area contributed by atoms with Crippen LogP contribution in [0, 0.1) is 6.92 Å². The summed E-state index contributed by atoms with van der Waals surface area (Å²) in [4.78, 5) is 33.5. The molecule has 8 heteroatoms. The van der Waals surface area contributed by atoms with Crippen LogP contribution in [0.5, 0.6) is 0 Å². The molecule has 4 heterocycles. The fourth-order valence-electron chi connectivity index (χ4n) is 2.98. The molecule has 4 aromatic heterocycles. The monoisotopic (exact) mass is 335 g/mol. The molecule has 0 aliphatic heterocycles. The van der Waals surface area contributed by atoms with Crippen LogP contribution in [-0.4, -0.2) is 29.5 Å². The van der Waals surface area contributed by atoms with Crippen LogP contribution in [-0.2, 0) is 0 Å². The number of nitrogens with two attached hydrogens (primary N) is 1. The van der Waals surface area contributed by atoms with Gasteiger partial charge in [-0.1, -0.05) is 0 Å². The standard InChI is InChI=1S/C17H17N7O/c1-8(2)24-15-12(9(3)21-17(18)23-15)22-13(16(24)25)11-6-10-4-5-19-14(10)20-7-11/h4-8H,1-3H3,(H,19,20)(H2,18,21,23). The molecule has 4 rings (SSSR count). The van der Waals surface area contributed by atoms with E-state index < -0.39 is 0 Å². The molecule has 0 amide bonds. The molecule has 3 N–H and O–H groups in total. The van der Waals surface area contributed by atoms with E-state index in [1.165, 1.54) is 0 Å². The van der Waals surface area contributed by atoms with Crippen molar-refractivity contribution in [3.63, 3.8) is 0 Å². The third-order valence-electron chi connectivity index (χ3n) is 4.12. The van der Waals surface area contributed by atoms with Gasteiger partial charge in [-0.15, -0.1) is 0 Å². The predicted molar refractivity (Wildman–Crippen MR) is 96.2 cm³/mol. The molecule has 0 bridgehead atoms. The van der Waals surface area contributed by atoms with Crippen molar-refractivity contribution in [1.82, 2.24) is 29.5 Å². The lowest BCUT2D eigenvalue weighted by Crippen LogP contribution is -2.26. The Morgan fingerprint density at radius 3 is 2.80 bits per heavy atom. The number of H-pyrrole nitrogens is 1. The molecular weight excluding hydrogens is 318 g/mol. The summed E-state index contributed by atoms with van der Waals surface area (Å²) in [5.41, 5.74) is 8.93. The Kier molecular flexibility index (Phi) is 3.28. The van der Waals surface area contributed by atoms with E-state index in [9.17, 15) is 4.79 Å². The van der Waals surface area contributed by atoms with Gasteiger partial charge in [-0.2, -0.15) is 4.98 Å². The molecule has 25 heavy (non-hydrogen) atoms. The van der Waals surface area contributed by atoms with Gasteiger partial charge in [0.05, 0.1) is 5.69 Å². The molecule has 0 saturated carbocycles. The van der Waals surface area contributed by atoms with Gasteiger partial charge in [0.2, 0.25) is 5.95 Å². The number of fused-ring (bicyclic) bond motifs is 2. The van der Waals surface area contributed by atoms with Gasteiger partial charge < -0.3 is 10.7 Å². The van der Waals surface area contributed by atoms with Crippen LogP contribution < -0.4 is 11.3 Å². The molecular formula is C17H17N7O. The Hall–Kier alpha value is -3.29. The minimum Gasteiger partial charge on any atom is -0.368 e. The smallest absolute Gasteiger partial charge is 0.279 e. The molecule has 4 aromatic rings. The van der Waals surface area contributed by atoms with Crippen molar-refractivity contribution in [2.45, 2.75) is 26.8 Å². The van der Waals surface area contributed by atoms with E-state index in [1.807, 2.05) is 32.2 Å². The molecule has 0 unspecified atom stereocenters. The quantitative estimate of drug-likeness (QED) is 0.580. The fraction of sp³-hybridized carbons (Fsp3) is 0.235. The number of hydrogen-bond donors (Lipinski definition) is 2. The van der Waals surface area contributed by atoms with Crippen molar-refractivity contribution < 1.29 is 0 Å². The molecule has 0 fully saturated rings. The van der Waals surface area contributed by atoms with Gasteiger partial charge in [-0.3, -0.25) is 9.36 Å². The molecule has 8 nitrogen and oxygen atoms in total. The largest absolute Gasteiger partial charge is 0.368 e. The summed E-state index contributed by atoms with van der Waals surface area (Å²) in [6.45, 7) is 5.65. The summed E-state index contributed by atoms with van der Waals surface area (Å²) in [5, 5.41) is 0.917. The zero-order valence-electron chi connectivity index (χ0n) is 14.1. The number of nitrogens with zero attached hydrogens (tertiary/aromatic N) is 5. The second-order valence-corrected chi connectivity index (χ2v) is 6.21. The summed E-state index contributed by atoms with van der Waals surface area (Å²) in [7, 11) is 0.